The molecule has 0 N–H and O–H groups in total. The van der Waals surface area contributed by atoms with Gasteiger partial charge >= 0.3 is 0 Å². The van der Waals surface area contributed by atoms with Crippen LogP contribution in [0.2, 0.25) is 0 Å². The van der Waals surface area contributed by atoms with Crippen molar-refractivity contribution in [2.75, 3.05) is 26.2 Å². The van der Waals surface area contributed by atoms with E-state index in [1.165, 1.54) is 49.7 Å². The second kappa shape index (κ2) is 9.51. The van der Waals surface area contributed by atoms with Crippen molar-refractivity contribution in [3.8, 4) is 0 Å². The quantitative estimate of drug-likeness (QED) is 0.449. The van der Waals surface area contributed by atoms with Crippen LogP contribution in [0.3, 0.4) is 0 Å². The average molecular weight is 471 g/mol. The molecule has 0 unspecified atom stereocenters. The van der Waals surface area contributed by atoms with E-state index in [0.717, 1.165) is 43.6 Å². The van der Waals surface area contributed by atoms with Gasteiger partial charge in [0.2, 0.25) is 0 Å². The molecule has 0 spiro atoms. The fourth-order valence-electron chi connectivity index (χ4n) is 7.53. The molecule has 3 aromatic rings. The van der Waals surface area contributed by atoms with Crippen molar-refractivity contribution in [2.45, 2.75) is 75.4 Å². The summed E-state index contributed by atoms with van der Waals surface area (Å²) in [6.45, 7) is 5.99. The summed E-state index contributed by atoms with van der Waals surface area (Å²) >= 11 is 0. The molecule has 6 rings (SSSR count). The van der Waals surface area contributed by atoms with E-state index >= 15 is 0 Å². The largest absolute Gasteiger partial charge is 0.325 e. The molecule has 1 aromatic heterocycles. The third kappa shape index (κ3) is 4.23. The Morgan fingerprint density at radius 2 is 1.63 bits per heavy atom. The standard InChI is InChI=1S/C30H38N4O/c1-23-31-28-9-5-6-10-29(28)34(23)27-21-25-11-12-26(22-27)33(25)18-15-30(24-7-3-2-4-8-24)13-16-32(17-14-30)19-20-35/h2-10,20,25-27H,11-19,21-22H2,1H3/t25-,26+,27+. The molecule has 2 aromatic carbocycles. The number of fused-ring (bicyclic) bond motifs is 3. The number of aromatic nitrogens is 2. The molecule has 3 aliphatic rings. The SMILES string of the molecule is Cc1nc2ccccc2n1[C@H]1C[C@H]2CC[C@@H](C1)N2CCC1(c2ccccc2)CCN(CC=O)CC1. The van der Waals surface area contributed by atoms with E-state index in [4.69, 9.17) is 4.98 Å². The van der Waals surface area contributed by atoms with Crippen LogP contribution in [0.15, 0.2) is 54.6 Å². The molecule has 0 saturated carbocycles. The Labute approximate surface area is 209 Å². The van der Waals surface area contributed by atoms with Crippen LogP contribution in [-0.2, 0) is 10.2 Å². The van der Waals surface area contributed by atoms with E-state index in [9.17, 15) is 4.79 Å². The number of nitrogens with zero attached hydrogens (tertiary/aromatic N) is 4. The van der Waals surface area contributed by atoms with Gasteiger partial charge in [-0.25, -0.2) is 4.98 Å². The third-order valence-electron chi connectivity index (χ3n) is 9.38. The molecule has 3 saturated heterocycles. The monoisotopic (exact) mass is 470 g/mol. The first-order valence-corrected chi connectivity index (χ1v) is 13.6. The van der Waals surface area contributed by atoms with Gasteiger partial charge in [-0.2, -0.15) is 0 Å². The molecule has 3 fully saturated rings. The highest BCUT2D eigenvalue weighted by Crippen LogP contribution is 2.45. The second-order valence-electron chi connectivity index (χ2n) is 11.1. The maximum Gasteiger partial charge on any atom is 0.133 e. The Morgan fingerprint density at radius 3 is 2.34 bits per heavy atom. The number of hydrogen-bond donors (Lipinski definition) is 0. The van der Waals surface area contributed by atoms with E-state index in [-0.39, 0.29) is 5.41 Å². The Balaban J connectivity index is 1.18. The predicted molar refractivity (Wildman–Crippen MR) is 141 cm³/mol. The van der Waals surface area contributed by atoms with Gasteiger partial charge in [-0.1, -0.05) is 42.5 Å². The Kier molecular flexibility index (Phi) is 6.23. The highest BCUT2D eigenvalue weighted by Gasteiger charge is 2.43. The van der Waals surface area contributed by atoms with Crippen LogP contribution < -0.4 is 0 Å². The number of carbonyl (C=O) groups excluding carboxylic acids is 1. The van der Waals surface area contributed by atoms with Crippen molar-refractivity contribution >= 4 is 17.3 Å². The first kappa shape index (κ1) is 22.9. The zero-order valence-corrected chi connectivity index (χ0v) is 21.0. The van der Waals surface area contributed by atoms with Crippen LogP contribution in [0.25, 0.3) is 11.0 Å². The molecule has 3 atom stereocenters. The summed E-state index contributed by atoms with van der Waals surface area (Å²) in [4.78, 5) is 21.1. The molecular formula is C30H38N4O. The summed E-state index contributed by atoms with van der Waals surface area (Å²) in [5, 5.41) is 0. The number of aryl methyl sites for hydroxylation is 1. The van der Waals surface area contributed by atoms with Crippen LogP contribution in [0.4, 0.5) is 0 Å². The molecule has 35 heavy (non-hydrogen) atoms. The topological polar surface area (TPSA) is 41.4 Å². The predicted octanol–water partition coefficient (Wildman–Crippen LogP) is 5.14. The number of rotatable bonds is 7. The van der Waals surface area contributed by atoms with Crippen LogP contribution in [-0.4, -0.2) is 63.9 Å². The number of benzene rings is 2. The number of piperidine rings is 2. The van der Waals surface area contributed by atoms with Crippen LogP contribution in [0.1, 0.15) is 62.4 Å². The van der Waals surface area contributed by atoms with Gasteiger partial charge in [0.15, 0.2) is 0 Å². The van der Waals surface area contributed by atoms with Crippen LogP contribution in [0.5, 0.6) is 0 Å². The minimum absolute atomic E-state index is 0.230. The Hall–Kier alpha value is -2.50. The van der Waals surface area contributed by atoms with E-state index in [2.05, 4.69) is 75.9 Å². The van der Waals surface area contributed by atoms with Gasteiger partial charge in [0.1, 0.15) is 12.1 Å². The normalized spacial score (nSPS) is 26.8. The number of aldehydes is 1. The molecule has 0 radical (unpaired) electrons. The summed E-state index contributed by atoms with van der Waals surface area (Å²) in [5.74, 6) is 1.16. The molecule has 0 aliphatic carbocycles. The Morgan fingerprint density at radius 1 is 0.943 bits per heavy atom. The molecule has 0 amide bonds. The van der Waals surface area contributed by atoms with Crippen molar-refractivity contribution in [3.05, 3.63) is 66.0 Å². The smallest absolute Gasteiger partial charge is 0.133 e. The molecule has 184 valence electrons. The van der Waals surface area contributed by atoms with Gasteiger partial charge in [-0.05, 0) is 94.6 Å². The van der Waals surface area contributed by atoms with Crippen molar-refractivity contribution in [2.24, 2.45) is 0 Å². The minimum atomic E-state index is 0.230. The first-order chi connectivity index (χ1) is 17.2. The zero-order chi connectivity index (χ0) is 23.8. The molecule has 5 nitrogen and oxygen atoms in total. The molecule has 3 aliphatic heterocycles. The van der Waals surface area contributed by atoms with Gasteiger partial charge in [0.05, 0.1) is 17.6 Å². The Bertz CT molecular complexity index is 1150. The summed E-state index contributed by atoms with van der Waals surface area (Å²) in [5.41, 5.74) is 4.15. The molecule has 2 bridgehead atoms. The number of carbonyl (C=O) groups is 1. The number of para-hydroxylation sites is 2. The zero-order valence-electron chi connectivity index (χ0n) is 21.0. The third-order valence-corrected chi connectivity index (χ3v) is 9.38. The summed E-state index contributed by atoms with van der Waals surface area (Å²) < 4.78 is 2.53. The fraction of sp³-hybridized carbons (Fsp3) is 0.533. The van der Waals surface area contributed by atoms with E-state index in [1.807, 2.05) is 0 Å². The summed E-state index contributed by atoms with van der Waals surface area (Å²) in [7, 11) is 0. The first-order valence-electron chi connectivity index (χ1n) is 13.6. The highest BCUT2D eigenvalue weighted by molar-refractivity contribution is 5.76. The van der Waals surface area contributed by atoms with Crippen LogP contribution in [0, 0.1) is 6.92 Å². The molecular weight excluding hydrogens is 432 g/mol. The lowest BCUT2D eigenvalue weighted by atomic mass is 9.70. The lowest BCUT2D eigenvalue weighted by molar-refractivity contribution is -0.109. The molecule has 5 heteroatoms. The number of likely N-dealkylation sites (tertiary alicyclic amines) is 1. The van der Waals surface area contributed by atoms with Gasteiger partial charge in [-0.15, -0.1) is 0 Å². The van der Waals surface area contributed by atoms with Crippen LogP contribution >= 0.6 is 0 Å². The van der Waals surface area contributed by atoms with Gasteiger partial charge in [0, 0.05) is 18.1 Å². The van der Waals surface area contributed by atoms with Crippen molar-refractivity contribution in [1.29, 1.82) is 0 Å². The van der Waals surface area contributed by atoms with E-state index < -0.39 is 0 Å². The summed E-state index contributed by atoms with van der Waals surface area (Å²) in [6, 6.07) is 21.7. The van der Waals surface area contributed by atoms with Crippen molar-refractivity contribution in [3.63, 3.8) is 0 Å². The van der Waals surface area contributed by atoms with E-state index in [0.29, 0.717) is 24.7 Å². The average Bonchev–Trinajstić information content (AvgIpc) is 3.35. The van der Waals surface area contributed by atoms with E-state index in [1.54, 1.807) is 0 Å². The molecule has 4 heterocycles. The fourth-order valence-corrected chi connectivity index (χ4v) is 7.53. The minimum Gasteiger partial charge on any atom is -0.325 e. The lowest BCUT2D eigenvalue weighted by Crippen LogP contribution is -2.48. The summed E-state index contributed by atoms with van der Waals surface area (Å²) in [6.07, 6.45) is 9.72. The maximum absolute atomic E-state index is 11.1. The lowest BCUT2D eigenvalue weighted by Gasteiger charge is -2.45. The number of hydrogen-bond acceptors (Lipinski definition) is 4. The number of imidazole rings is 1. The van der Waals surface area contributed by atoms with Gasteiger partial charge < -0.3 is 9.36 Å². The second-order valence-corrected chi connectivity index (χ2v) is 11.1. The van der Waals surface area contributed by atoms with Gasteiger partial charge in [-0.3, -0.25) is 9.80 Å². The van der Waals surface area contributed by atoms with Crippen molar-refractivity contribution < 1.29 is 4.79 Å². The maximum atomic E-state index is 11.1. The highest BCUT2D eigenvalue weighted by atomic mass is 16.1. The van der Waals surface area contributed by atoms with Gasteiger partial charge in [0.25, 0.3) is 0 Å². The van der Waals surface area contributed by atoms with Crippen molar-refractivity contribution in [1.82, 2.24) is 19.4 Å².